The number of alkyl halides is 3. The summed E-state index contributed by atoms with van der Waals surface area (Å²) >= 11 is 0. The van der Waals surface area contributed by atoms with Gasteiger partial charge in [0, 0.05) is 35.4 Å². The number of hydrogen-bond acceptors (Lipinski definition) is 6. The van der Waals surface area contributed by atoms with E-state index in [1.54, 1.807) is 48.6 Å². The molecule has 1 atom stereocenters. The number of azo groups is 1. The third-order valence-electron chi connectivity index (χ3n) is 5.50. The molecule has 0 aliphatic heterocycles. The van der Waals surface area contributed by atoms with Crippen LogP contribution in [0, 0.1) is 5.41 Å². The van der Waals surface area contributed by atoms with Crippen LogP contribution in [0.25, 0.3) is 16.8 Å². The first-order valence-electron chi connectivity index (χ1n) is 12.2. The van der Waals surface area contributed by atoms with Gasteiger partial charge in [-0.15, -0.1) is 0 Å². The van der Waals surface area contributed by atoms with E-state index in [0.29, 0.717) is 28.0 Å². The quantitative estimate of drug-likeness (QED) is 0.153. The second-order valence-electron chi connectivity index (χ2n) is 8.40. The minimum atomic E-state index is -4.66. The molecule has 1 aromatic carbocycles. The Balaban J connectivity index is 1.76. The zero-order valence-electron chi connectivity index (χ0n) is 21.9. The van der Waals surface area contributed by atoms with Crippen LogP contribution in [0.2, 0.25) is 0 Å². The predicted octanol–water partition coefficient (Wildman–Crippen LogP) is 7.04. The van der Waals surface area contributed by atoms with E-state index >= 15 is 0 Å². The summed E-state index contributed by atoms with van der Waals surface area (Å²) in [4.78, 5) is 16.9. The fraction of sp³-hybridized carbons (Fsp3) is 0.172. The summed E-state index contributed by atoms with van der Waals surface area (Å²) < 4.78 is 41.9. The summed E-state index contributed by atoms with van der Waals surface area (Å²) in [6.07, 6.45) is 6.76. The van der Waals surface area contributed by atoms with Gasteiger partial charge >= 0.3 is 6.18 Å². The Morgan fingerprint density at radius 3 is 2.62 bits per heavy atom. The first kappa shape index (κ1) is 29.6. The van der Waals surface area contributed by atoms with Crippen LogP contribution in [0.1, 0.15) is 41.6 Å². The highest BCUT2D eigenvalue weighted by Gasteiger charge is 2.37. The van der Waals surface area contributed by atoms with Gasteiger partial charge < -0.3 is 10.7 Å². The van der Waals surface area contributed by atoms with Gasteiger partial charge in [-0.3, -0.25) is 9.78 Å². The minimum absolute atomic E-state index is 0.107. The number of nitrogens with zero attached hydrogens (tertiary/aromatic N) is 5. The first-order chi connectivity index (χ1) is 19.2. The van der Waals surface area contributed by atoms with Gasteiger partial charge in [0.15, 0.2) is 6.17 Å². The highest BCUT2D eigenvalue weighted by Crippen LogP contribution is 2.34. The largest absolute Gasteiger partial charge is 0.433 e. The van der Waals surface area contributed by atoms with Crippen molar-refractivity contribution >= 4 is 17.7 Å². The molecular weight excluding hydrogens is 519 g/mol. The number of pyridine rings is 1. The normalized spacial score (nSPS) is 13.5. The number of nitrogens with one attached hydrogen (secondary N) is 2. The number of carbonyl (C=O) groups excluding carboxylic acids is 1. The summed E-state index contributed by atoms with van der Waals surface area (Å²) in [6, 6.07) is 10.9. The van der Waals surface area contributed by atoms with Gasteiger partial charge in [-0.1, -0.05) is 43.0 Å². The Kier molecular flexibility index (Phi) is 10.2. The zero-order chi connectivity index (χ0) is 29.1. The lowest BCUT2D eigenvalue weighted by Crippen LogP contribution is -2.24. The first-order valence-corrected chi connectivity index (χ1v) is 12.2. The van der Waals surface area contributed by atoms with Crippen molar-refractivity contribution in [2.75, 3.05) is 6.54 Å². The number of carbonyl (C=O) groups is 1. The third-order valence-corrected chi connectivity index (χ3v) is 5.50. The number of allylic oxidation sites excluding steroid dienone is 6. The van der Waals surface area contributed by atoms with Crippen LogP contribution < -0.4 is 5.32 Å². The molecule has 0 radical (unpaired) electrons. The van der Waals surface area contributed by atoms with Crippen LogP contribution in [0.15, 0.2) is 108 Å². The Labute approximate surface area is 229 Å². The molecule has 0 spiro atoms. The smallest absolute Gasteiger partial charge is 0.324 e. The summed E-state index contributed by atoms with van der Waals surface area (Å²) in [5, 5.41) is 22.5. The molecule has 2 N–H and O–H groups in total. The van der Waals surface area contributed by atoms with Gasteiger partial charge in [0.05, 0.1) is 12.2 Å². The number of halogens is 3. The fourth-order valence-electron chi connectivity index (χ4n) is 3.59. The van der Waals surface area contributed by atoms with Crippen LogP contribution in [0.4, 0.5) is 13.2 Å². The molecule has 2 heterocycles. The van der Waals surface area contributed by atoms with Gasteiger partial charge in [-0.25, -0.2) is 4.68 Å². The molecule has 3 rings (SSSR count). The van der Waals surface area contributed by atoms with Crippen molar-refractivity contribution in [1.82, 2.24) is 20.1 Å². The standard InChI is InChI=1S/C29H28F3N7O/c1-4-6-10-23(17-33)21-11-7-12-22(15-21)28(40)36-25(9-5-2)19-35-37-20(3)39-27(29(30,31)32)16-26(38-39)24-13-8-14-34-18-24/h4-18,20,33H,2,19H2,1,3H3,(H,36,40)/b6-4+,23-10+,25-9+,33-17?,37-35?. The van der Waals surface area contributed by atoms with E-state index in [1.165, 1.54) is 37.7 Å². The van der Waals surface area contributed by atoms with Crippen molar-refractivity contribution in [3.63, 3.8) is 0 Å². The summed E-state index contributed by atoms with van der Waals surface area (Å²) in [7, 11) is 0. The zero-order valence-corrected chi connectivity index (χ0v) is 21.9. The van der Waals surface area contributed by atoms with Crippen LogP contribution >= 0.6 is 0 Å². The van der Waals surface area contributed by atoms with E-state index in [9.17, 15) is 18.0 Å². The SMILES string of the molecule is C=C/C=C(\CN=NC(C)n1nc(-c2cccnc2)cc1C(F)(F)F)NC(=O)c1cccc(/C(C=N)=C/C=C/C)c1. The molecule has 1 amide bonds. The number of rotatable bonds is 11. The molecular formula is C29H28F3N7O. The van der Waals surface area contributed by atoms with Gasteiger partial charge in [0.25, 0.3) is 5.91 Å². The maximum Gasteiger partial charge on any atom is 0.433 e. The summed E-state index contributed by atoms with van der Waals surface area (Å²) in [5.41, 5.74) is 1.57. The molecule has 8 nitrogen and oxygen atoms in total. The number of benzene rings is 1. The predicted molar refractivity (Wildman–Crippen MR) is 149 cm³/mol. The van der Waals surface area contributed by atoms with Crippen LogP contribution in [0.5, 0.6) is 0 Å². The Morgan fingerprint density at radius 1 is 1.20 bits per heavy atom. The number of amides is 1. The summed E-state index contributed by atoms with van der Waals surface area (Å²) in [6.45, 7) is 6.81. The maximum atomic E-state index is 13.7. The van der Waals surface area contributed by atoms with Gasteiger partial charge in [-0.05, 0) is 61.4 Å². The molecule has 0 aliphatic rings. The molecule has 0 saturated heterocycles. The van der Waals surface area contributed by atoms with E-state index in [1.807, 2.05) is 13.0 Å². The average molecular weight is 548 g/mol. The van der Waals surface area contributed by atoms with E-state index < -0.39 is 23.9 Å². The van der Waals surface area contributed by atoms with E-state index in [4.69, 9.17) is 5.41 Å². The highest BCUT2D eigenvalue weighted by molar-refractivity contribution is 6.09. The van der Waals surface area contributed by atoms with Crippen molar-refractivity contribution in [2.24, 2.45) is 10.2 Å². The Bertz CT molecular complexity index is 1470. The molecule has 2 aromatic heterocycles. The lowest BCUT2D eigenvalue weighted by Gasteiger charge is -2.13. The third kappa shape index (κ3) is 7.79. The molecule has 206 valence electrons. The van der Waals surface area contributed by atoms with Crippen molar-refractivity contribution in [1.29, 1.82) is 5.41 Å². The second kappa shape index (κ2) is 13.7. The van der Waals surface area contributed by atoms with Crippen molar-refractivity contribution < 1.29 is 18.0 Å². The van der Waals surface area contributed by atoms with Gasteiger partial charge in [0.2, 0.25) is 0 Å². The van der Waals surface area contributed by atoms with Gasteiger partial charge in [0.1, 0.15) is 5.69 Å². The van der Waals surface area contributed by atoms with Crippen LogP contribution in [-0.4, -0.2) is 33.4 Å². The van der Waals surface area contributed by atoms with Crippen molar-refractivity contribution in [3.8, 4) is 11.3 Å². The Hall–Kier alpha value is -4.93. The van der Waals surface area contributed by atoms with Crippen molar-refractivity contribution in [2.45, 2.75) is 26.2 Å². The molecule has 11 heteroatoms. The number of hydrogen-bond donors (Lipinski definition) is 2. The molecule has 0 bridgehead atoms. The second-order valence-corrected chi connectivity index (χ2v) is 8.40. The lowest BCUT2D eigenvalue weighted by molar-refractivity contribution is -0.144. The van der Waals surface area contributed by atoms with Crippen LogP contribution in [0.3, 0.4) is 0 Å². The lowest BCUT2D eigenvalue weighted by atomic mass is 10.0. The molecule has 0 saturated carbocycles. The molecule has 0 fully saturated rings. The summed E-state index contributed by atoms with van der Waals surface area (Å²) in [5.74, 6) is -0.430. The van der Waals surface area contributed by atoms with E-state index in [0.717, 1.165) is 10.7 Å². The maximum absolute atomic E-state index is 13.7. The average Bonchev–Trinajstić information content (AvgIpc) is 3.41. The monoisotopic (exact) mass is 547 g/mol. The van der Waals surface area contributed by atoms with E-state index in [-0.39, 0.29) is 12.2 Å². The number of aromatic nitrogens is 3. The molecule has 0 aliphatic carbocycles. The van der Waals surface area contributed by atoms with Crippen LogP contribution in [-0.2, 0) is 6.18 Å². The highest BCUT2D eigenvalue weighted by atomic mass is 19.4. The minimum Gasteiger partial charge on any atom is -0.324 e. The fourth-order valence-corrected chi connectivity index (χ4v) is 3.59. The molecule has 1 unspecified atom stereocenters. The topological polar surface area (TPSA) is 108 Å². The molecule has 3 aromatic rings. The van der Waals surface area contributed by atoms with Crippen molar-refractivity contribution in [3.05, 3.63) is 114 Å². The van der Waals surface area contributed by atoms with E-state index in [2.05, 4.69) is 32.2 Å². The molecule has 40 heavy (non-hydrogen) atoms. The Morgan fingerprint density at radius 2 is 1.98 bits per heavy atom. The van der Waals surface area contributed by atoms with Gasteiger partial charge in [-0.2, -0.15) is 28.5 Å².